The maximum Gasteiger partial charge on any atom is 0.328 e. The zero-order valence-corrected chi connectivity index (χ0v) is 11.2. The molecular weight excluding hydrogens is 284 g/mol. The fourth-order valence-electron chi connectivity index (χ4n) is 1.23. The summed E-state index contributed by atoms with van der Waals surface area (Å²) in [6.07, 6.45) is 4.74. The predicted octanol–water partition coefficient (Wildman–Crippen LogP) is 3.73. The van der Waals surface area contributed by atoms with Gasteiger partial charge in [-0.25, -0.2) is 4.79 Å². The van der Waals surface area contributed by atoms with Gasteiger partial charge in [-0.05, 0) is 36.3 Å². The molecule has 0 fully saturated rings. The van der Waals surface area contributed by atoms with Gasteiger partial charge in [0.15, 0.2) is 0 Å². The minimum atomic E-state index is -0.964. The van der Waals surface area contributed by atoms with E-state index >= 15 is 0 Å². The highest BCUT2D eigenvalue weighted by atomic mass is 79.9. The number of ether oxygens (including phenoxy) is 1. The van der Waals surface area contributed by atoms with Crippen molar-refractivity contribution in [2.24, 2.45) is 0 Å². The largest absolute Gasteiger partial charge is 0.494 e. The molecule has 1 N–H and O–H groups in total. The molecule has 0 aliphatic rings. The van der Waals surface area contributed by atoms with Crippen LogP contribution in [-0.4, -0.2) is 17.7 Å². The maximum absolute atomic E-state index is 10.4. The molecule has 17 heavy (non-hydrogen) atoms. The lowest BCUT2D eigenvalue weighted by molar-refractivity contribution is -0.131. The van der Waals surface area contributed by atoms with E-state index in [-0.39, 0.29) is 0 Å². The standard InChI is InChI=1S/C13H15BrO3/c1-2-3-8-17-11-5-6-12(14)10(9-11)4-7-13(15)16/h4-7,9H,2-3,8H2,1H3,(H,15,16)/b7-4+. The summed E-state index contributed by atoms with van der Waals surface area (Å²) in [5.74, 6) is -0.208. The number of aliphatic carboxylic acids is 1. The molecule has 92 valence electrons. The normalized spacial score (nSPS) is 10.7. The number of rotatable bonds is 6. The molecule has 0 bridgehead atoms. The molecule has 3 nitrogen and oxygen atoms in total. The monoisotopic (exact) mass is 298 g/mol. The summed E-state index contributed by atoms with van der Waals surface area (Å²) in [5, 5.41) is 8.57. The molecule has 0 aliphatic heterocycles. The van der Waals surface area contributed by atoms with Crippen LogP contribution in [0.5, 0.6) is 5.75 Å². The third kappa shape index (κ3) is 5.04. The van der Waals surface area contributed by atoms with Crippen LogP contribution in [0.15, 0.2) is 28.7 Å². The Hall–Kier alpha value is -1.29. The van der Waals surface area contributed by atoms with Gasteiger partial charge in [0.2, 0.25) is 0 Å². The molecule has 1 rings (SSSR count). The molecule has 0 aliphatic carbocycles. The van der Waals surface area contributed by atoms with E-state index in [4.69, 9.17) is 9.84 Å². The second kappa shape index (κ2) is 7.12. The minimum absolute atomic E-state index is 0.681. The van der Waals surface area contributed by atoms with Crippen LogP contribution in [0.2, 0.25) is 0 Å². The highest BCUT2D eigenvalue weighted by molar-refractivity contribution is 9.10. The van der Waals surface area contributed by atoms with Gasteiger partial charge in [0.1, 0.15) is 5.75 Å². The first-order valence-electron chi connectivity index (χ1n) is 5.47. The molecule has 0 radical (unpaired) electrons. The zero-order valence-electron chi connectivity index (χ0n) is 9.65. The number of unbranched alkanes of at least 4 members (excludes halogenated alkanes) is 1. The molecular formula is C13H15BrO3. The Morgan fingerprint density at radius 3 is 2.94 bits per heavy atom. The van der Waals surface area contributed by atoms with E-state index in [0.717, 1.165) is 34.7 Å². The topological polar surface area (TPSA) is 46.5 Å². The summed E-state index contributed by atoms with van der Waals surface area (Å²) >= 11 is 3.36. The number of hydrogen-bond donors (Lipinski definition) is 1. The molecule has 0 amide bonds. The highest BCUT2D eigenvalue weighted by Gasteiger charge is 2.00. The highest BCUT2D eigenvalue weighted by Crippen LogP contribution is 2.24. The molecule has 0 unspecified atom stereocenters. The molecule has 0 spiro atoms. The number of carboxylic acids is 1. The molecule has 0 atom stereocenters. The van der Waals surface area contributed by atoms with E-state index in [2.05, 4.69) is 22.9 Å². The van der Waals surface area contributed by atoms with Gasteiger partial charge in [-0.3, -0.25) is 0 Å². The molecule has 0 saturated carbocycles. The lowest BCUT2D eigenvalue weighted by atomic mass is 10.2. The molecule has 0 heterocycles. The summed E-state index contributed by atoms with van der Waals surface area (Å²) in [4.78, 5) is 10.4. The first kappa shape index (κ1) is 13.8. The Bertz CT molecular complexity index is 413. The van der Waals surface area contributed by atoms with Crippen molar-refractivity contribution >= 4 is 28.0 Å². The Balaban J connectivity index is 2.75. The van der Waals surface area contributed by atoms with E-state index in [0.29, 0.717) is 6.61 Å². The number of benzene rings is 1. The van der Waals surface area contributed by atoms with E-state index < -0.39 is 5.97 Å². The number of hydrogen-bond acceptors (Lipinski definition) is 2. The summed E-state index contributed by atoms with van der Waals surface area (Å²) in [5.41, 5.74) is 0.793. The smallest absolute Gasteiger partial charge is 0.328 e. The van der Waals surface area contributed by atoms with Crippen LogP contribution < -0.4 is 4.74 Å². The molecule has 1 aromatic carbocycles. The van der Waals surface area contributed by atoms with Crippen molar-refractivity contribution in [3.05, 3.63) is 34.3 Å². The van der Waals surface area contributed by atoms with Crippen molar-refractivity contribution in [3.8, 4) is 5.75 Å². The lowest BCUT2D eigenvalue weighted by Gasteiger charge is -2.07. The fourth-order valence-corrected chi connectivity index (χ4v) is 1.61. The van der Waals surface area contributed by atoms with Crippen molar-refractivity contribution in [1.82, 2.24) is 0 Å². The fraction of sp³-hybridized carbons (Fsp3) is 0.308. The van der Waals surface area contributed by atoms with Crippen molar-refractivity contribution in [3.63, 3.8) is 0 Å². The van der Waals surface area contributed by atoms with Gasteiger partial charge in [-0.2, -0.15) is 0 Å². The van der Waals surface area contributed by atoms with Crippen LogP contribution in [0, 0.1) is 0 Å². The van der Waals surface area contributed by atoms with Crippen LogP contribution in [0.25, 0.3) is 6.08 Å². The lowest BCUT2D eigenvalue weighted by Crippen LogP contribution is -1.96. The van der Waals surface area contributed by atoms with Crippen molar-refractivity contribution in [2.45, 2.75) is 19.8 Å². The van der Waals surface area contributed by atoms with Gasteiger partial charge in [0, 0.05) is 10.5 Å². The van der Waals surface area contributed by atoms with Crippen molar-refractivity contribution < 1.29 is 14.6 Å². The molecule has 0 aromatic heterocycles. The maximum atomic E-state index is 10.4. The van der Waals surface area contributed by atoms with Gasteiger partial charge < -0.3 is 9.84 Å². The Morgan fingerprint density at radius 1 is 1.53 bits per heavy atom. The quantitative estimate of drug-likeness (QED) is 0.643. The summed E-state index contributed by atoms with van der Waals surface area (Å²) < 4.78 is 6.39. The first-order valence-corrected chi connectivity index (χ1v) is 6.26. The average Bonchev–Trinajstić information content (AvgIpc) is 2.29. The van der Waals surface area contributed by atoms with Gasteiger partial charge >= 0.3 is 5.97 Å². The van der Waals surface area contributed by atoms with Crippen LogP contribution in [0.4, 0.5) is 0 Å². The molecule has 4 heteroatoms. The van der Waals surface area contributed by atoms with Crippen LogP contribution in [-0.2, 0) is 4.79 Å². The van der Waals surface area contributed by atoms with E-state index in [1.54, 1.807) is 6.08 Å². The summed E-state index contributed by atoms with van der Waals surface area (Å²) in [6, 6.07) is 5.53. The first-order chi connectivity index (χ1) is 8.13. The van der Waals surface area contributed by atoms with Gasteiger partial charge in [0.05, 0.1) is 6.61 Å². The summed E-state index contributed by atoms with van der Waals surface area (Å²) in [6.45, 7) is 2.78. The predicted molar refractivity (Wildman–Crippen MR) is 71.2 cm³/mol. The SMILES string of the molecule is CCCCOc1ccc(Br)c(/C=C/C(=O)O)c1. The van der Waals surface area contributed by atoms with Crippen molar-refractivity contribution in [2.75, 3.05) is 6.61 Å². The van der Waals surface area contributed by atoms with E-state index in [9.17, 15) is 4.79 Å². The second-order valence-corrected chi connectivity index (χ2v) is 4.41. The van der Waals surface area contributed by atoms with Crippen LogP contribution >= 0.6 is 15.9 Å². The zero-order chi connectivity index (χ0) is 12.7. The van der Waals surface area contributed by atoms with Gasteiger partial charge in [0.25, 0.3) is 0 Å². The average molecular weight is 299 g/mol. The van der Waals surface area contributed by atoms with Gasteiger partial charge in [-0.1, -0.05) is 29.3 Å². The second-order valence-electron chi connectivity index (χ2n) is 3.56. The number of carbonyl (C=O) groups is 1. The van der Waals surface area contributed by atoms with E-state index in [1.807, 2.05) is 18.2 Å². The van der Waals surface area contributed by atoms with Crippen molar-refractivity contribution in [1.29, 1.82) is 0 Å². The van der Waals surface area contributed by atoms with E-state index in [1.165, 1.54) is 0 Å². The third-order valence-electron chi connectivity index (χ3n) is 2.14. The van der Waals surface area contributed by atoms with Crippen LogP contribution in [0.3, 0.4) is 0 Å². The Morgan fingerprint density at radius 2 is 2.29 bits per heavy atom. The van der Waals surface area contributed by atoms with Gasteiger partial charge in [-0.15, -0.1) is 0 Å². The third-order valence-corrected chi connectivity index (χ3v) is 2.86. The Kier molecular flexibility index (Phi) is 5.77. The number of carboxylic acid groups (broad SMARTS) is 1. The minimum Gasteiger partial charge on any atom is -0.494 e. The van der Waals surface area contributed by atoms with Crippen LogP contribution in [0.1, 0.15) is 25.3 Å². The molecule has 0 saturated heterocycles. The number of halogens is 1. The molecule has 1 aromatic rings. The Labute approximate surface area is 109 Å². The summed E-state index contributed by atoms with van der Waals surface area (Å²) in [7, 11) is 0.